The molecule has 0 bridgehead atoms. The number of aromatic amines is 1. The van der Waals surface area contributed by atoms with Gasteiger partial charge in [-0.3, -0.25) is 5.10 Å². The number of hydrogen-bond donors (Lipinski definition) is 2. The lowest BCUT2D eigenvalue weighted by atomic mass is 10.2. The molecule has 0 atom stereocenters. The summed E-state index contributed by atoms with van der Waals surface area (Å²) in [6, 6.07) is 0. The van der Waals surface area contributed by atoms with Gasteiger partial charge in [0, 0.05) is 12.5 Å². The number of rotatable bonds is 4. The second-order valence-electron chi connectivity index (χ2n) is 3.91. The van der Waals surface area contributed by atoms with E-state index in [0.29, 0.717) is 19.0 Å². The molecule has 0 fully saturated rings. The van der Waals surface area contributed by atoms with E-state index in [2.05, 4.69) is 39.3 Å². The van der Waals surface area contributed by atoms with E-state index in [1.54, 1.807) is 10.9 Å². The molecule has 7 heteroatoms. The molecule has 3 N–H and O–H groups in total. The Hall–Kier alpha value is -1.76. The fourth-order valence-corrected chi connectivity index (χ4v) is 1.30. The molecule has 7 nitrogen and oxygen atoms in total. The van der Waals surface area contributed by atoms with Crippen molar-refractivity contribution in [3.05, 3.63) is 23.5 Å². The Morgan fingerprint density at radius 2 is 2.31 bits per heavy atom. The summed E-state index contributed by atoms with van der Waals surface area (Å²) < 4.78 is 1.69. The molecule has 0 aliphatic heterocycles. The third-order valence-electron chi connectivity index (χ3n) is 2.17. The van der Waals surface area contributed by atoms with Crippen LogP contribution in [0.25, 0.3) is 0 Å². The van der Waals surface area contributed by atoms with Crippen LogP contribution >= 0.6 is 0 Å². The van der Waals surface area contributed by atoms with Crippen molar-refractivity contribution in [1.82, 2.24) is 30.2 Å². The zero-order valence-corrected chi connectivity index (χ0v) is 9.38. The normalized spacial score (nSPS) is 11.2. The van der Waals surface area contributed by atoms with Crippen molar-refractivity contribution in [3.63, 3.8) is 0 Å². The van der Waals surface area contributed by atoms with E-state index in [1.165, 1.54) is 0 Å². The molecule has 0 aliphatic carbocycles. The minimum Gasteiger partial charge on any atom is -0.325 e. The van der Waals surface area contributed by atoms with Gasteiger partial charge in [-0.05, 0) is 0 Å². The van der Waals surface area contributed by atoms with Gasteiger partial charge in [-0.15, -0.1) is 5.10 Å². The summed E-state index contributed by atoms with van der Waals surface area (Å²) in [6.07, 6.45) is 1.80. The van der Waals surface area contributed by atoms with Crippen LogP contribution in [0.4, 0.5) is 0 Å². The van der Waals surface area contributed by atoms with Crippen LogP contribution in [0.1, 0.15) is 37.1 Å². The van der Waals surface area contributed by atoms with Crippen molar-refractivity contribution in [2.24, 2.45) is 5.73 Å². The highest BCUT2D eigenvalue weighted by atomic mass is 15.4. The average molecular weight is 221 g/mol. The minimum atomic E-state index is 0.320. The first-order valence-corrected chi connectivity index (χ1v) is 5.19. The Morgan fingerprint density at radius 3 is 2.88 bits per heavy atom. The van der Waals surface area contributed by atoms with E-state index in [9.17, 15) is 0 Å². The van der Waals surface area contributed by atoms with E-state index in [0.717, 1.165) is 17.3 Å². The Balaban J connectivity index is 2.08. The van der Waals surface area contributed by atoms with Gasteiger partial charge in [0.15, 0.2) is 5.82 Å². The summed E-state index contributed by atoms with van der Waals surface area (Å²) in [6.45, 7) is 5.03. The fourth-order valence-electron chi connectivity index (χ4n) is 1.30. The Bertz CT molecular complexity index is 456. The molecule has 0 radical (unpaired) electrons. The molecule has 2 rings (SSSR count). The number of hydrogen-bond acceptors (Lipinski definition) is 5. The van der Waals surface area contributed by atoms with E-state index < -0.39 is 0 Å². The molecule has 2 aromatic heterocycles. The molecule has 0 amide bonds. The number of nitrogens with zero attached hydrogens (tertiary/aromatic N) is 5. The van der Waals surface area contributed by atoms with Crippen LogP contribution in [0.3, 0.4) is 0 Å². The van der Waals surface area contributed by atoms with Gasteiger partial charge in [-0.25, -0.2) is 9.67 Å². The summed E-state index contributed by atoms with van der Waals surface area (Å²) >= 11 is 0. The smallest absolute Gasteiger partial charge is 0.153 e. The number of nitrogens with one attached hydrogen (secondary N) is 1. The highest BCUT2D eigenvalue weighted by Gasteiger charge is 2.08. The quantitative estimate of drug-likeness (QED) is 0.758. The van der Waals surface area contributed by atoms with Crippen molar-refractivity contribution < 1.29 is 0 Å². The van der Waals surface area contributed by atoms with Crippen molar-refractivity contribution >= 4 is 0 Å². The molecule has 2 aromatic rings. The molecule has 0 spiro atoms. The summed E-state index contributed by atoms with van der Waals surface area (Å²) in [5.41, 5.74) is 6.22. The van der Waals surface area contributed by atoms with Gasteiger partial charge in [0.1, 0.15) is 12.4 Å². The van der Waals surface area contributed by atoms with E-state index in [4.69, 9.17) is 5.73 Å². The predicted octanol–water partition coefficient (Wildman–Crippen LogP) is 0.0266. The van der Waals surface area contributed by atoms with Crippen molar-refractivity contribution in [3.8, 4) is 0 Å². The van der Waals surface area contributed by atoms with Crippen molar-refractivity contribution in [2.45, 2.75) is 32.9 Å². The van der Waals surface area contributed by atoms with Gasteiger partial charge in [0.2, 0.25) is 0 Å². The molecule has 0 aromatic carbocycles. The molecule has 0 aliphatic rings. The highest BCUT2D eigenvalue weighted by molar-refractivity contribution is 4.97. The Labute approximate surface area is 93.1 Å². The molecule has 86 valence electrons. The largest absolute Gasteiger partial charge is 0.325 e. The molecule has 2 heterocycles. The monoisotopic (exact) mass is 221 g/mol. The minimum absolute atomic E-state index is 0.320. The van der Waals surface area contributed by atoms with E-state index >= 15 is 0 Å². The lowest BCUT2D eigenvalue weighted by Gasteiger charge is -1.95. The zero-order chi connectivity index (χ0) is 11.5. The van der Waals surface area contributed by atoms with Crippen LogP contribution in [0.2, 0.25) is 0 Å². The van der Waals surface area contributed by atoms with Crippen LogP contribution < -0.4 is 5.73 Å². The highest BCUT2D eigenvalue weighted by Crippen LogP contribution is 2.08. The lowest BCUT2D eigenvalue weighted by Crippen LogP contribution is -2.02. The summed E-state index contributed by atoms with van der Waals surface area (Å²) in [4.78, 5) is 4.35. The van der Waals surface area contributed by atoms with Gasteiger partial charge >= 0.3 is 0 Å². The number of aromatic nitrogens is 6. The number of nitrogens with two attached hydrogens (primary N) is 1. The lowest BCUT2D eigenvalue weighted by molar-refractivity contribution is 0.625. The van der Waals surface area contributed by atoms with Crippen LogP contribution in [0.5, 0.6) is 0 Å². The first-order chi connectivity index (χ1) is 7.69. The second-order valence-corrected chi connectivity index (χ2v) is 3.91. The molecular weight excluding hydrogens is 206 g/mol. The van der Waals surface area contributed by atoms with Crippen LogP contribution in [0, 0.1) is 0 Å². The standard InChI is InChI=1S/C9H15N7/c1-6(2)9-11-8(13-14-9)5-16-4-7(3-10)12-15-16/h4,6H,3,5,10H2,1-2H3,(H,11,13,14). The molecular formula is C9H15N7. The molecule has 0 unspecified atom stereocenters. The molecule has 0 saturated carbocycles. The third kappa shape index (κ3) is 2.25. The first kappa shape index (κ1) is 10.7. The number of H-pyrrole nitrogens is 1. The van der Waals surface area contributed by atoms with E-state index in [-0.39, 0.29) is 0 Å². The van der Waals surface area contributed by atoms with Crippen molar-refractivity contribution in [2.75, 3.05) is 0 Å². The Kier molecular flexibility index (Phi) is 2.95. The summed E-state index contributed by atoms with van der Waals surface area (Å²) in [5.74, 6) is 1.91. The fraction of sp³-hybridized carbons (Fsp3) is 0.556. The predicted molar refractivity (Wildman–Crippen MR) is 57.5 cm³/mol. The maximum Gasteiger partial charge on any atom is 0.153 e. The third-order valence-corrected chi connectivity index (χ3v) is 2.17. The molecule has 0 saturated heterocycles. The van der Waals surface area contributed by atoms with Gasteiger partial charge in [-0.2, -0.15) is 5.10 Å². The van der Waals surface area contributed by atoms with Crippen LogP contribution in [-0.2, 0) is 13.1 Å². The average Bonchev–Trinajstić information content (AvgIpc) is 2.87. The Morgan fingerprint density at radius 1 is 1.50 bits per heavy atom. The van der Waals surface area contributed by atoms with E-state index in [1.807, 2.05) is 0 Å². The van der Waals surface area contributed by atoms with Gasteiger partial charge < -0.3 is 5.73 Å². The van der Waals surface area contributed by atoms with Gasteiger partial charge in [0.25, 0.3) is 0 Å². The zero-order valence-electron chi connectivity index (χ0n) is 9.38. The topological polar surface area (TPSA) is 98.3 Å². The maximum atomic E-state index is 5.45. The summed E-state index contributed by atoms with van der Waals surface area (Å²) in [5, 5.41) is 14.8. The maximum absolute atomic E-state index is 5.45. The SMILES string of the molecule is CC(C)c1n[nH]c(Cn2cc(CN)nn2)n1. The van der Waals surface area contributed by atoms with Gasteiger partial charge in [0.05, 0.1) is 11.9 Å². The molecule has 16 heavy (non-hydrogen) atoms. The second kappa shape index (κ2) is 4.40. The van der Waals surface area contributed by atoms with Crippen molar-refractivity contribution in [1.29, 1.82) is 0 Å². The van der Waals surface area contributed by atoms with Crippen LogP contribution in [-0.4, -0.2) is 30.2 Å². The van der Waals surface area contributed by atoms with Crippen LogP contribution in [0.15, 0.2) is 6.20 Å². The van der Waals surface area contributed by atoms with Gasteiger partial charge in [-0.1, -0.05) is 19.1 Å². The first-order valence-electron chi connectivity index (χ1n) is 5.19. The summed E-state index contributed by atoms with van der Waals surface area (Å²) in [7, 11) is 0.